The molecule has 1 aromatic rings. The van der Waals surface area contributed by atoms with Gasteiger partial charge < -0.3 is 10.0 Å². The molecule has 5 heteroatoms. The molecule has 0 amide bonds. The zero-order valence-corrected chi connectivity index (χ0v) is 10.9. The highest BCUT2D eigenvalue weighted by Crippen LogP contribution is 2.25. The summed E-state index contributed by atoms with van der Waals surface area (Å²) in [4.78, 5) is 21.5. The van der Waals surface area contributed by atoms with Crippen molar-refractivity contribution in [1.82, 2.24) is 9.97 Å². The van der Waals surface area contributed by atoms with Gasteiger partial charge in [-0.15, -0.1) is 0 Å². The number of nitrogens with zero attached hydrogens (tertiary/aromatic N) is 3. The fourth-order valence-electron chi connectivity index (χ4n) is 2.46. The van der Waals surface area contributed by atoms with Gasteiger partial charge >= 0.3 is 5.97 Å². The molecule has 1 atom stereocenters. The summed E-state index contributed by atoms with van der Waals surface area (Å²) < 4.78 is 0. The second-order valence-corrected chi connectivity index (χ2v) is 4.95. The van der Waals surface area contributed by atoms with Crippen LogP contribution >= 0.6 is 0 Å². The first kappa shape index (κ1) is 12.8. The topological polar surface area (TPSA) is 66.3 Å². The lowest BCUT2D eigenvalue weighted by Gasteiger charge is -2.18. The largest absolute Gasteiger partial charge is 0.481 e. The fraction of sp³-hybridized carbons (Fsp3) is 0.615. The van der Waals surface area contributed by atoms with Gasteiger partial charge in [-0.25, -0.2) is 9.97 Å². The third-order valence-corrected chi connectivity index (χ3v) is 3.33. The van der Waals surface area contributed by atoms with Gasteiger partial charge in [0.05, 0.1) is 0 Å². The standard InChI is InChI=1S/C13H19N3O2/c1-9-7-12(15-10(2)14-9)16-6-5-11(8-16)3-4-13(17)18/h7,11H,3-6,8H2,1-2H3,(H,17,18). The summed E-state index contributed by atoms with van der Waals surface area (Å²) >= 11 is 0. The number of carboxylic acid groups (broad SMARTS) is 1. The van der Waals surface area contributed by atoms with Crippen LogP contribution in [0.15, 0.2) is 6.07 Å². The van der Waals surface area contributed by atoms with Crippen LogP contribution in [0, 0.1) is 19.8 Å². The molecule has 1 unspecified atom stereocenters. The number of carboxylic acids is 1. The number of aliphatic carboxylic acids is 1. The summed E-state index contributed by atoms with van der Waals surface area (Å²) in [6.45, 7) is 5.73. The van der Waals surface area contributed by atoms with Crippen molar-refractivity contribution in [2.24, 2.45) is 5.92 Å². The average Bonchev–Trinajstić information content (AvgIpc) is 2.73. The zero-order valence-electron chi connectivity index (χ0n) is 10.9. The maximum atomic E-state index is 10.6. The summed E-state index contributed by atoms with van der Waals surface area (Å²) in [7, 11) is 0. The second-order valence-electron chi connectivity index (χ2n) is 4.95. The van der Waals surface area contributed by atoms with Crippen LogP contribution in [0.3, 0.4) is 0 Å². The predicted octanol–water partition coefficient (Wildman–Crippen LogP) is 1.78. The summed E-state index contributed by atoms with van der Waals surface area (Å²) in [5, 5.41) is 8.70. The van der Waals surface area contributed by atoms with Gasteiger partial charge in [0.2, 0.25) is 0 Å². The van der Waals surface area contributed by atoms with Crippen molar-refractivity contribution in [1.29, 1.82) is 0 Å². The van der Waals surface area contributed by atoms with Gasteiger partial charge in [-0.3, -0.25) is 4.79 Å². The van der Waals surface area contributed by atoms with E-state index in [0.29, 0.717) is 5.92 Å². The van der Waals surface area contributed by atoms with Gasteiger partial charge in [-0.1, -0.05) is 0 Å². The van der Waals surface area contributed by atoms with E-state index in [1.54, 1.807) is 0 Å². The molecule has 5 nitrogen and oxygen atoms in total. The molecule has 0 aliphatic carbocycles. The number of aryl methyl sites for hydroxylation is 2. The Morgan fingerprint density at radius 1 is 1.50 bits per heavy atom. The van der Waals surface area contributed by atoms with Crippen molar-refractivity contribution >= 4 is 11.8 Å². The van der Waals surface area contributed by atoms with E-state index < -0.39 is 5.97 Å². The lowest BCUT2D eigenvalue weighted by atomic mass is 10.0. The second kappa shape index (κ2) is 5.33. The zero-order chi connectivity index (χ0) is 13.1. The number of carbonyl (C=O) groups is 1. The van der Waals surface area contributed by atoms with Crippen LogP contribution in [0.4, 0.5) is 5.82 Å². The van der Waals surface area contributed by atoms with E-state index in [-0.39, 0.29) is 6.42 Å². The van der Waals surface area contributed by atoms with E-state index in [1.165, 1.54) is 0 Å². The van der Waals surface area contributed by atoms with Crippen LogP contribution in [-0.4, -0.2) is 34.1 Å². The van der Waals surface area contributed by atoms with E-state index in [2.05, 4.69) is 14.9 Å². The fourth-order valence-corrected chi connectivity index (χ4v) is 2.46. The van der Waals surface area contributed by atoms with Gasteiger partial charge in [-0.2, -0.15) is 0 Å². The van der Waals surface area contributed by atoms with Crippen LogP contribution in [0.25, 0.3) is 0 Å². The van der Waals surface area contributed by atoms with Gasteiger partial charge in [-0.05, 0) is 32.6 Å². The van der Waals surface area contributed by atoms with Crippen LogP contribution < -0.4 is 4.90 Å². The molecule has 1 N–H and O–H groups in total. The van der Waals surface area contributed by atoms with E-state index in [0.717, 1.165) is 43.3 Å². The Morgan fingerprint density at radius 3 is 2.94 bits per heavy atom. The quantitative estimate of drug-likeness (QED) is 0.881. The smallest absolute Gasteiger partial charge is 0.303 e. The van der Waals surface area contributed by atoms with Gasteiger partial charge in [0, 0.05) is 31.3 Å². The van der Waals surface area contributed by atoms with Crippen LogP contribution in [-0.2, 0) is 4.79 Å². The molecule has 2 rings (SSSR count). The number of hydrogen-bond acceptors (Lipinski definition) is 4. The summed E-state index contributed by atoms with van der Waals surface area (Å²) in [6.07, 6.45) is 2.07. The molecule has 0 radical (unpaired) electrons. The van der Waals surface area contributed by atoms with Crippen LogP contribution in [0.5, 0.6) is 0 Å². The number of anilines is 1. The number of hydrogen-bond donors (Lipinski definition) is 1. The van der Waals surface area contributed by atoms with E-state index in [9.17, 15) is 4.79 Å². The molecule has 0 aromatic carbocycles. The van der Waals surface area contributed by atoms with Gasteiger partial charge in [0.1, 0.15) is 11.6 Å². The monoisotopic (exact) mass is 249 g/mol. The number of aromatic nitrogens is 2. The molecule has 0 spiro atoms. The van der Waals surface area contributed by atoms with Crippen molar-refractivity contribution in [3.05, 3.63) is 17.6 Å². The van der Waals surface area contributed by atoms with Crippen molar-refractivity contribution < 1.29 is 9.90 Å². The molecule has 1 aromatic heterocycles. The molecule has 98 valence electrons. The van der Waals surface area contributed by atoms with E-state index >= 15 is 0 Å². The highest BCUT2D eigenvalue weighted by molar-refractivity contribution is 5.66. The molecular weight excluding hydrogens is 230 g/mol. The summed E-state index contributed by atoms with van der Waals surface area (Å²) in [6, 6.07) is 1.99. The predicted molar refractivity (Wildman–Crippen MR) is 68.7 cm³/mol. The molecule has 18 heavy (non-hydrogen) atoms. The van der Waals surface area contributed by atoms with Crippen molar-refractivity contribution in [3.8, 4) is 0 Å². The minimum Gasteiger partial charge on any atom is -0.481 e. The van der Waals surface area contributed by atoms with Gasteiger partial charge in [0.25, 0.3) is 0 Å². The third kappa shape index (κ3) is 3.18. The molecule has 2 heterocycles. The minimum absolute atomic E-state index is 0.264. The van der Waals surface area contributed by atoms with Crippen molar-refractivity contribution in [2.75, 3.05) is 18.0 Å². The Hall–Kier alpha value is -1.65. The minimum atomic E-state index is -0.706. The van der Waals surface area contributed by atoms with Crippen molar-refractivity contribution in [3.63, 3.8) is 0 Å². The number of rotatable bonds is 4. The SMILES string of the molecule is Cc1cc(N2CCC(CCC(=O)O)C2)nc(C)n1. The molecular formula is C13H19N3O2. The Bertz CT molecular complexity index is 428. The highest BCUT2D eigenvalue weighted by atomic mass is 16.4. The molecule has 0 bridgehead atoms. The van der Waals surface area contributed by atoms with Crippen LogP contribution in [0.1, 0.15) is 30.8 Å². The first-order valence-corrected chi connectivity index (χ1v) is 6.33. The molecule has 1 saturated heterocycles. The average molecular weight is 249 g/mol. The van der Waals surface area contributed by atoms with E-state index in [1.807, 2.05) is 19.9 Å². The maximum absolute atomic E-state index is 10.6. The Balaban J connectivity index is 1.97. The van der Waals surface area contributed by atoms with Crippen molar-refractivity contribution in [2.45, 2.75) is 33.1 Å². The molecule has 0 saturated carbocycles. The molecule has 1 aliphatic rings. The third-order valence-electron chi connectivity index (χ3n) is 3.33. The summed E-state index contributed by atoms with van der Waals surface area (Å²) in [5.74, 6) is 1.52. The highest BCUT2D eigenvalue weighted by Gasteiger charge is 2.24. The lowest BCUT2D eigenvalue weighted by molar-refractivity contribution is -0.137. The first-order valence-electron chi connectivity index (χ1n) is 6.33. The lowest BCUT2D eigenvalue weighted by Crippen LogP contribution is -2.21. The Morgan fingerprint density at radius 2 is 2.28 bits per heavy atom. The van der Waals surface area contributed by atoms with Crippen LogP contribution in [0.2, 0.25) is 0 Å². The Labute approximate surface area is 107 Å². The normalized spacial score (nSPS) is 19.2. The van der Waals surface area contributed by atoms with E-state index in [4.69, 9.17) is 5.11 Å². The maximum Gasteiger partial charge on any atom is 0.303 e. The molecule has 1 aliphatic heterocycles. The summed E-state index contributed by atoms with van der Waals surface area (Å²) in [5.41, 5.74) is 0.978. The first-order chi connectivity index (χ1) is 8.54. The molecule has 1 fully saturated rings. The van der Waals surface area contributed by atoms with Gasteiger partial charge in [0.15, 0.2) is 0 Å². The Kier molecular flexibility index (Phi) is 3.79.